The number of nitrogens with one attached hydrogen (secondary N) is 1. The van der Waals surface area contributed by atoms with Gasteiger partial charge in [-0.05, 0) is 31.2 Å². The molecule has 1 atom stereocenters. The molecule has 2 aromatic rings. The fraction of sp³-hybridized carbons (Fsp3) is 0.300. The molecular weight excluding hydrogens is 330 g/mol. The molecule has 1 N–H and O–H groups in total. The highest BCUT2D eigenvalue weighted by atomic mass is 16.5. The Morgan fingerprint density at radius 3 is 2.62 bits per heavy atom. The van der Waals surface area contributed by atoms with E-state index in [-0.39, 0.29) is 18.2 Å². The highest BCUT2D eigenvalue weighted by molar-refractivity contribution is 6.01. The van der Waals surface area contributed by atoms with Crippen LogP contribution < -0.4 is 20.1 Å². The van der Waals surface area contributed by atoms with Crippen LogP contribution in [0.4, 0.5) is 11.4 Å². The van der Waals surface area contributed by atoms with Gasteiger partial charge in [0, 0.05) is 20.0 Å². The van der Waals surface area contributed by atoms with Crippen molar-refractivity contribution in [2.45, 2.75) is 13.3 Å². The Morgan fingerprint density at radius 2 is 1.88 bits per heavy atom. The Balaban J connectivity index is 1.69. The van der Waals surface area contributed by atoms with E-state index in [1.165, 1.54) is 0 Å². The number of carbonyl (C=O) groups excluding carboxylic acids is 2. The predicted octanol–water partition coefficient (Wildman–Crippen LogP) is 2.61. The largest absolute Gasteiger partial charge is 0.492 e. The van der Waals surface area contributed by atoms with Crippen molar-refractivity contribution in [1.82, 2.24) is 5.43 Å². The molecule has 0 radical (unpaired) electrons. The lowest BCUT2D eigenvalue weighted by Gasteiger charge is -2.23. The van der Waals surface area contributed by atoms with Crippen LogP contribution in [0.5, 0.6) is 5.75 Å². The van der Waals surface area contributed by atoms with Crippen molar-refractivity contribution in [1.29, 1.82) is 0 Å². The topological polar surface area (TPSA) is 61.9 Å². The van der Waals surface area contributed by atoms with Crippen LogP contribution in [-0.2, 0) is 9.59 Å². The molecule has 2 amide bonds. The maximum Gasteiger partial charge on any atom is 0.243 e. The second-order valence-electron chi connectivity index (χ2n) is 6.18. The number of para-hydroxylation sites is 3. The van der Waals surface area contributed by atoms with Crippen molar-refractivity contribution in [3.8, 4) is 5.75 Å². The average Bonchev–Trinajstić information content (AvgIpc) is 3.05. The monoisotopic (exact) mass is 353 g/mol. The molecule has 6 heteroatoms. The van der Waals surface area contributed by atoms with Gasteiger partial charge in [0.1, 0.15) is 5.75 Å². The Morgan fingerprint density at radius 1 is 1.19 bits per heavy atom. The summed E-state index contributed by atoms with van der Waals surface area (Å²) in [6.45, 7) is 2.76. The van der Waals surface area contributed by atoms with E-state index < -0.39 is 5.92 Å². The first-order valence-corrected chi connectivity index (χ1v) is 8.71. The zero-order valence-corrected chi connectivity index (χ0v) is 15.0. The van der Waals surface area contributed by atoms with E-state index in [4.69, 9.17) is 4.74 Å². The minimum atomic E-state index is -0.400. The van der Waals surface area contributed by atoms with Crippen LogP contribution >= 0.6 is 0 Å². The quantitative estimate of drug-likeness (QED) is 0.811. The standard InChI is InChI=1S/C20H23N3O3/c1-3-26-18-12-8-7-11-17(18)23-14-15(13-19(23)24)20(25)21-22(2)16-9-5-4-6-10-16/h4-12,15H,3,13-14H2,1-2H3,(H,21,25)/t15-/m1/s1. The Labute approximate surface area is 153 Å². The Kier molecular flexibility index (Phi) is 5.41. The summed E-state index contributed by atoms with van der Waals surface area (Å²) in [5, 5.41) is 1.67. The smallest absolute Gasteiger partial charge is 0.243 e. The number of anilines is 2. The molecule has 1 aliphatic rings. The van der Waals surface area contributed by atoms with Gasteiger partial charge in [0.25, 0.3) is 0 Å². The highest BCUT2D eigenvalue weighted by Gasteiger charge is 2.36. The van der Waals surface area contributed by atoms with Crippen LogP contribution in [0.3, 0.4) is 0 Å². The summed E-state index contributed by atoms with van der Waals surface area (Å²) in [4.78, 5) is 26.7. The van der Waals surface area contributed by atoms with E-state index in [2.05, 4.69) is 5.43 Å². The van der Waals surface area contributed by atoms with Gasteiger partial charge in [-0.25, -0.2) is 0 Å². The number of carbonyl (C=O) groups is 2. The first-order valence-electron chi connectivity index (χ1n) is 8.71. The molecule has 136 valence electrons. The lowest BCUT2D eigenvalue weighted by Crippen LogP contribution is -2.43. The van der Waals surface area contributed by atoms with Crippen LogP contribution in [0, 0.1) is 5.92 Å². The Hall–Kier alpha value is -3.02. The van der Waals surface area contributed by atoms with Crippen molar-refractivity contribution in [2.75, 3.05) is 30.1 Å². The molecule has 0 spiro atoms. The summed E-state index contributed by atoms with van der Waals surface area (Å²) >= 11 is 0. The van der Waals surface area contributed by atoms with E-state index >= 15 is 0 Å². The molecule has 1 heterocycles. The number of ether oxygens (including phenoxy) is 1. The van der Waals surface area contributed by atoms with Crippen LogP contribution in [0.1, 0.15) is 13.3 Å². The molecule has 1 aliphatic heterocycles. The van der Waals surface area contributed by atoms with Gasteiger partial charge in [-0.2, -0.15) is 0 Å². The van der Waals surface area contributed by atoms with Crippen LogP contribution in [0.25, 0.3) is 0 Å². The van der Waals surface area contributed by atoms with Gasteiger partial charge in [0.15, 0.2) is 0 Å². The first-order chi connectivity index (χ1) is 12.6. The molecule has 0 unspecified atom stereocenters. The van der Waals surface area contributed by atoms with Gasteiger partial charge >= 0.3 is 0 Å². The summed E-state index contributed by atoms with van der Waals surface area (Å²) < 4.78 is 5.61. The third kappa shape index (κ3) is 3.79. The number of rotatable bonds is 6. The number of hydrogen-bond acceptors (Lipinski definition) is 4. The van der Waals surface area contributed by atoms with Gasteiger partial charge in [0.05, 0.1) is 23.9 Å². The molecule has 2 aromatic carbocycles. The molecule has 1 saturated heterocycles. The van der Waals surface area contributed by atoms with Crippen molar-refractivity contribution in [2.24, 2.45) is 5.92 Å². The van der Waals surface area contributed by atoms with Crippen molar-refractivity contribution in [3.05, 3.63) is 54.6 Å². The summed E-state index contributed by atoms with van der Waals surface area (Å²) in [5.41, 5.74) is 4.45. The third-order valence-corrected chi connectivity index (χ3v) is 4.37. The number of hydrogen-bond donors (Lipinski definition) is 1. The van der Waals surface area contributed by atoms with E-state index in [9.17, 15) is 9.59 Å². The van der Waals surface area contributed by atoms with Crippen molar-refractivity contribution >= 4 is 23.2 Å². The molecule has 26 heavy (non-hydrogen) atoms. The molecule has 0 saturated carbocycles. The summed E-state index contributed by atoms with van der Waals surface area (Å²) in [6.07, 6.45) is 0.189. The van der Waals surface area contributed by atoms with Gasteiger partial charge in [-0.1, -0.05) is 30.3 Å². The molecule has 0 aromatic heterocycles. The normalized spacial score (nSPS) is 16.5. The lowest BCUT2D eigenvalue weighted by molar-refractivity contribution is -0.126. The zero-order chi connectivity index (χ0) is 18.5. The lowest BCUT2D eigenvalue weighted by atomic mass is 10.1. The number of benzene rings is 2. The second-order valence-corrected chi connectivity index (χ2v) is 6.18. The molecular formula is C20H23N3O3. The van der Waals surface area contributed by atoms with Gasteiger partial charge in [-0.15, -0.1) is 0 Å². The minimum absolute atomic E-state index is 0.0698. The van der Waals surface area contributed by atoms with E-state index in [0.717, 1.165) is 5.69 Å². The van der Waals surface area contributed by atoms with E-state index in [1.54, 1.807) is 17.0 Å². The van der Waals surface area contributed by atoms with Gasteiger partial charge in [0.2, 0.25) is 11.8 Å². The van der Waals surface area contributed by atoms with Crippen molar-refractivity contribution < 1.29 is 14.3 Å². The van der Waals surface area contributed by atoms with Crippen LogP contribution in [0.15, 0.2) is 54.6 Å². The van der Waals surface area contributed by atoms with Gasteiger partial charge in [-0.3, -0.25) is 20.0 Å². The fourth-order valence-corrected chi connectivity index (χ4v) is 3.05. The van der Waals surface area contributed by atoms with E-state index in [0.29, 0.717) is 24.6 Å². The van der Waals surface area contributed by atoms with E-state index in [1.807, 2.05) is 61.5 Å². The molecule has 0 aliphatic carbocycles. The molecule has 1 fully saturated rings. The second kappa shape index (κ2) is 7.91. The first kappa shape index (κ1) is 17.8. The molecule has 6 nitrogen and oxygen atoms in total. The maximum atomic E-state index is 12.6. The summed E-state index contributed by atoms with van der Waals surface area (Å²) in [5.74, 6) is 0.0231. The fourth-order valence-electron chi connectivity index (χ4n) is 3.05. The Bertz CT molecular complexity index is 779. The summed E-state index contributed by atoms with van der Waals surface area (Å²) in [7, 11) is 1.78. The van der Waals surface area contributed by atoms with Crippen LogP contribution in [-0.4, -0.2) is 32.0 Å². The third-order valence-electron chi connectivity index (χ3n) is 4.37. The highest BCUT2D eigenvalue weighted by Crippen LogP contribution is 2.33. The maximum absolute atomic E-state index is 12.6. The molecule has 3 rings (SSSR count). The van der Waals surface area contributed by atoms with Crippen molar-refractivity contribution in [3.63, 3.8) is 0 Å². The SMILES string of the molecule is CCOc1ccccc1N1C[C@H](C(=O)NN(C)c2ccccc2)CC1=O. The minimum Gasteiger partial charge on any atom is -0.492 e. The molecule has 0 bridgehead atoms. The predicted molar refractivity (Wildman–Crippen MR) is 101 cm³/mol. The zero-order valence-electron chi connectivity index (χ0n) is 15.0. The number of nitrogens with zero attached hydrogens (tertiary/aromatic N) is 2. The average molecular weight is 353 g/mol. The van der Waals surface area contributed by atoms with Crippen LogP contribution in [0.2, 0.25) is 0 Å². The summed E-state index contributed by atoms with van der Waals surface area (Å²) in [6, 6.07) is 17.0. The number of amides is 2. The number of hydrazine groups is 1. The van der Waals surface area contributed by atoms with Gasteiger partial charge < -0.3 is 9.64 Å².